The number of ketones is 1. The molecule has 0 saturated carbocycles. The summed E-state index contributed by atoms with van der Waals surface area (Å²) in [7, 11) is 1.59. The van der Waals surface area contributed by atoms with Crippen LogP contribution in [0.3, 0.4) is 0 Å². The highest BCUT2D eigenvalue weighted by atomic mass is 32.1. The second-order valence-corrected chi connectivity index (χ2v) is 9.47. The Bertz CT molecular complexity index is 1080. The number of hydrogen-bond donors (Lipinski definition) is 0. The number of thiophene rings is 1. The number of carbonyl (C=O) groups is 4. The Morgan fingerprint density at radius 1 is 1.11 bits per heavy atom. The minimum Gasteiger partial charge on any atom is -0.497 e. The van der Waals surface area contributed by atoms with Crippen LogP contribution in [0.2, 0.25) is 0 Å². The Balaban J connectivity index is 1.80. The summed E-state index contributed by atoms with van der Waals surface area (Å²) in [5, 5.41) is 1.63. The summed E-state index contributed by atoms with van der Waals surface area (Å²) in [5.41, 5.74) is 1.27. The monoisotopic (exact) mass is 515 g/mol. The summed E-state index contributed by atoms with van der Waals surface area (Å²) in [5.74, 6) is -0.106. The molecule has 1 aliphatic heterocycles. The van der Waals surface area contributed by atoms with Crippen LogP contribution in [0.25, 0.3) is 0 Å². The third-order valence-electron chi connectivity index (χ3n) is 6.10. The highest BCUT2D eigenvalue weighted by Crippen LogP contribution is 2.20. The van der Waals surface area contributed by atoms with Gasteiger partial charge < -0.3 is 24.2 Å². The fourth-order valence-corrected chi connectivity index (χ4v) is 4.80. The summed E-state index contributed by atoms with van der Waals surface area (Å²) < 4.78 is 11.2. The maximum atomic E-state index is 13.3. The van der Waals surface area contributed by atoms with Gasteiger partial charge in [0.1, 0.15) is 18.9 Å². The van der Waals surface area contributed by atoms with Crippen molar-refractivity contribution in [3.8, 4) is 5.75 Å². The lowest BCUT2D eigenvalue weighted by molar-refractivity contribution is -0.138. The Morgan fingerprint density at radius 2 is 1.81 bits per heavy atom. The highest BCUT2D eigenvalue weighted by Gasteiger charge is 2.32. The van der Waals surface area contributed by atoms with Gasteiger partial charge in [-0.1, -0.05) is 12.1 Å². The largest absolute Gasteiger partial charge is 0.497 e. The van der Waals surface area contributed by atoms with Gasteiger partial charge in [-0.25, -0.2) is 0 Å². The molecule has 10 heteroatoms. The van der Waals surface area contributed by atoms with E-state index in [4.69, 9.17) is 9.47 Å². The molecule has 1 aromatic carbocycles. The molecule has 0 bridgehead atoms. The van der Waals surface area contributed by atoms with E-state index >= 15 is 0 Å². The standard InChI is InChI=1S/C26H33N3O6S/c1-5-27(6-2)25(32)16-35-22-13-28(12-19-7-9-21(34-4)10-8-19)24(31)15-29(14-22)26(33)20-11-23(18(3)30)36-17-20/h7-11,17,22H,5-6,12-16H2,1-4H3. The van der Waals surface area contributed by atoms with E-state index in [1.165, 1.54) is 23.2 Å². The van der Waals surface area contributed by atoms with Crippen molar-refractivity contribution >= 4 is 34.8 Å². The first-order chi connectivity index (χ1) is 17.2. The van der Waals surface area contributed by atoms with Crippen LogP contribution in [0.5, 0.6) is 5.75 Å². The van der Waals surface area contributed by atoms with Crippen molar-refractivity contribution in [3.63, 3.8) is 0 Å². The molecular formula is C26H33N3O6S. The third kappa shape index (κ3) is 6.92. The first-order valence-corrected chi connectivity index (χ1v) is 12.8. The van der Waals surface area contributed by atoms with E-state index in [1.807, 2.05) is 38.1 Å². The smallest absolute Gasteiger partial charge is 0.255 e. The number of Topliss-reactive ketones (excluding diaryl/α,β-unsaturated/α-hetero) is 1. The molecule has 9 nitrogen and oxygen atoms in total. The highest BCUT2D eigenvalue weighted by molar-refractivity contribution is 7.12. The number of amides is 3. The van der Waals surface area contributed by atoms with Crippen LogP contribution >= 0.6 is 11.3 Å². The maximum absolute atomic E-state index is 13.3. The van der Waals surface area contributed by atoms with Crippen molar-refractivity contribution in [2.75, 3.05) is 46.4 Å². The SMILES string of the molecule is CCN(CC)C(=O)COC1CN(Cc2ccc(OC)cc2)C(=O)CN(C(=O)c2csc(C(C)=O)c2)C1. The Kier molecular flexibility index (Phi) is 9.60. The second-order valence-electron chi connectivity index (χ2n) is 8.56. The van der Waals surface area contributed by atoms with Crippen LogP contribution in [-0.2, 0) is 20.9 Å². The molecule has 1 aromatic heterocycles. The predicted octanol–water partition coefficient (Wildman–Crippen LogP) is 2.70. The van der Waals surface area contributed by atoms with Crippen LogP contribution in [0.1, 0.15) is 46.4 Å². The Hall–Kier alpha value is -3.24. The van der Waals surface area contributed by atoms with Crippen LogP contribution in [-0.4, -0.2) is 90.7 Å². The van der Waals surface area contributed by atoms with Gasteiger partial charge in [-0.15, -0.1) is 11.3 Å². The number of carbonyl (C=O) groups excluding carboxylic acids is 4. The van der Waals surface area contributed by atoms with Gasteiger partial charge in [-0.2, -0.15) is 0 Å². The number of ether oxygens (including phenoxy) is 2. The number of hydrogen-bond acceptors (Lipinski definition) is 7. The summed E-state index contributed by atoms with van der Waals surface area (Å²) in [4.78, 5) is 55.9. The molecule has 3 amide bonds. The fraction of sp³-hybridized carbons (Fsp3) is 0.462. The first-order valence-electron chi connectivity index (χ1n) is 11.9. The molecule has 0 radical (unpaired) electrons. The molecule has 1 fully saturated rings. The van der Waals surface area contributed by atoms with Gasteiger partial charge >= 0.3 is 0 Å². The molecular weight excluding hydrogens is 482 g/mol. The number of methoxy groups -OCH3 is 1. The van der Waals surface area contributed by atoms with E-state index < -0.39 is 6.10 Å². The average Bonchev–Trinajstić information content (AvgIpc) is 3.32. The van der Waals surface area contributed by atoms with Crippen molar-refractivity contribution in [2.24, 2.45) is 0 Å². The zero-order chi connectivity index (χ0) is 26.2. The van der Waals surface area contributed by atoms with E-state index in [2.05, 4.69) is 0 Å². The van der Waals surface area contributed by atoms with Crippen molar-refractivity contribution < 1.29 is 28.7 Å². The minimum absolute atomic E-state index is 0.118. The maximum Gasteiger partial charge on any atom is 0.255 e. The lowest BCUT2D eigenvalue weighted by atomic mass is 10.2. The summed E-state index contributed by atoms with van der Waals surface area (Å²) in [6.07, 6.45) is -0.552. The van der Waals surface area contributed by atoms with E-state index in [0.29, 0.717) is 30.1 Å². The summed E-state index contributed by atoms with van der Waals surface area (Å²) in [6, 6.07) is 8.98. The molecule has 36 heavy (non-hydrogen) atoms. The van der Waals surface area contributed by atoms with Gasteiger partial charge in [-0.05, 0) is 44.5 Å². The van der Waals surface area contributed by atoms with Crippen LogP contribution in [0, 0.1) is 0 Å². The summed E-state index contributed by atoms with van der Waals surface area (Å²) >= 11 is 1.20. The van der Waals surface area contributed by atoms with E-state index in [0.717, 1.165) is 11.3 Å². The average molecular weight is 516 g/mol. The molecule has 2 heterocycles. The lowest BCUT2D eigenvalue weighted by Gasteiger charge is -2.26. The first kappa shape index (κ1) is 27.3. The minimum atomic E-state index is -0.552. The van der Waals surface area contributed by atoms with E-state index in [1.54, 1.807) is 28.4 Å². The molecule has 1 atom stereocenters. The Morgan fingerprint density at radius 3 is 2.39 bits per heavy atom. The molecule has 2 aromatic rings. The van der Waals surface area contributed by atoms with Gasteiger partial charge in [-0.3, -0.25) is 19.2 Å². The van der Waals surface area contributed by atoms with Crippen molar-refractivity contribution in [2.45, 2.75) is 33.4 Å². The number of nitrogens with zero attached hydrogens (tertiary/aromatic N) is 3. The molecule has 194 valence electrons. The summed E-state index contributed by atoms with van der Waals surface area (Å²) in [6.45, 7) is 6.88. The van der Waals surface area contributed by atoms with Crippen molar-refractivity contribution in [1.29, 1.82) is 0 Å². The van der Waals surface area contributed by atoms with Crippen LogP contribution < -0.4 is 4.74 Å². The molecule has 1 saturated heterocycles. The van der Waals surface area contributed by atoms with E-state index in [-0.39, 0.29) is 49.7 Å². The van der Waals surface area contributed by atoms with Crippen molar-refractivity contribution in [1.82, 2.24) is 14.7 Å². The number of likely N-dealkylation sites (N-methyl/N-ethyl adjacent to an activating group) is 1. The van der Waals surface area contributed by atoms with Gasteiger partial charge in [0.05, 0.1) is 23.7 Å². The van der Waals surface area contributed by atoms with Crippen LogP contribution in [0.15, 0.2) is 35.7 Å². The second kappa shape index (κ2) is 12.6. The number of benzene rings is 1. The predicted molar refractivity (Wildman–Crippen MR) is 136 cm³/mol. The molecule has 3 rings (SSSR count). The van der Waals surface area contributed by atoms with Gasteiger partial charge in [0, 0.05) is 38.1 Å². The third-order valence-corrected chi connectivity index (χ3v) is 7.13. The molecule has 0 N–H and O–H groups in total. The zero-order valence-corrected chi connectivity index (χ0v) is 22.0. The van der Waals surface area contributed by atoms with Gasteiger partial charge in [0.2, 0.25) is 11.8 Å². The number of rotatable bonds is 10. The molecule has 1 aliphatic rings. The zero-order valence-electron chi connectivity index (χ0n) is 21.2. The molecule has 1 unspecified atom stereocenters. The quantitative estimate of drug-likeness (QED) is 0.452. The molecule has 0 spiro atoms. The Labute approximate surface area is 215 Å². The lowest BCUT2D eigenvalue weighted by Crippen LogP contribution is -2.41. The normalized spacial score (nSPS) is 16.0. The van der Waals surface area contributed by atoms with Crippen molar-refractivity contribution in [3.05, 3.63) is 51.7 Å². The topological polar surface area (TPSA) is 96.5 Å². The van der Waals surface area contributed by atoms with Crippen LogP contribution in [0.4, 0.5) is 0 Å². The van der Waals surface area contributed by atoms with E-state index in [9.17, 15) is 19.2 Å². The molecule has 0 aliphatic carbocycles. The fourth-order valence-electron chi connectivity index (χ4n) is 4.02. The van der Waals surface area contributed by atoms with Gasteiger partial charge in [0.25, 0.3) is 5.91 Å². The van der Waals surface area contributed by atoms with Gasteiger partial charge in [0.15, 0.2) is 5.78 Å².